The summed E-state index contributed by atoms with van der Waals surface area (Å²) in [6.07, 6.45) is 4.97. The van der Waals surface area contributed by atoms with Gasteiger partial charge < -0.3 is 5.32 Å². The first kappa shape index (κ1) is 16.2. The van der Waals surface area contributed by atoms with Gasteiger partial charge in [0.2, 0.25) is 0 Å². The molecule has 1 aliphatic heterocycles. The Kier molecular flexibility index (Phi) is 5.57. The van der Waals surface area contributed by atoms with Crippen LogP contribution in [0.3, 0.4) is 0 Å². The first-order valence-electron chi connectivity index (χ1n) is 8.35. The molecular weight excluding hydrogens is 260 g/mol. The lowest BCUT2D eigenvalue weighted by Crippen LogP contribution is -2.38. The fourth-order valence-electron chi connectivity index (χ4n) is 2.85. The van der Waals surface area contributed by atoms with Gasteiger partial charge in [0.1, 0.15) is 11.6 Å². The number of nitrogens with zero attached hydrogens (tertiary/aromatic N) is 3. The Morgan fingerprint density at radius 3 is 2.57 bits per heavy atom. The molecule has 118 valence electrons. The molecule has 1 aliphatic rings. The van der Waals surface area contributed by atoms with Gasteiger partial charge in [0.05, 0.1) is 6.54 Å². The molecule has 4 nitrogen and oxygen atoms in total. The number of aryl methyl sites for hydroxylation is 1. The van der Waals surface area contributed by atoms with Crippen LogP contribution >= 0.6 is 0 Å². The van der Waals surface area contributed by atoms with Crippen LogP contribution in [0, 0.1) is 12.3 Å². The summed E-state index contributed by atoms with van der Waals surface area (Å²) in [4.78, 5) is 11.8. The van der Waals surface area contributed by atoms with Crippen molar-refractivity contribution in [2.24, 2.45) is 5.41 Å². The number of hydrogen-bond donors (Lipinski definition) is 1. The van der Waals surface area contributed by atoms with E-state index >= 15 is 0 Å². The molecule has 0 aromatic carbocycles. The zero-order chi connectivity index (χ0) is 15.3. The summed E-state index contributed by atoms with van der Waals surface area (Å²) >= 11 is 0. The normalized spacial score (nSPS) is 18.7. The van der Waals surface area contributed by atoms with E-state index < -0.39 is 0 Å². The molecule has 2 rings (SSSR count). The zero-order valence-electron chi connectivity index (χ0n) is 14.1. The Morgan fingerprint density at radius 1 is 1.24 bits per heavy atom. The van der Waals surface area contributed by atoms with E-state index in [1.807, 2.05) is 13.0 Å². The zero-order valence-corrected chi connectivity index (χ0v) is 14.1. The third-order valence-corrected chi connectivity index (χ3v) is 4.74. The van der Waals surface area contributed by atoms with Crippen LogP contribution < -0.4 is 5.32 Å². The third kappa shape index (κ3) is 4.67. The maximum absolute atomic E-state index is 4.66. The predicted octanol–water partition coefficient (Wildman–Crippen LogP) is 3.62. The highest BCUT2D eigenvalue weighted by Gasteiger charge is 2.28. The Balaban J connectivity index is 1.95. The molecule has 4 heteroatoms. The van der Waals surface area contributed by atoms with Crippen LogP contribution in [0.4, 0.5) is 5.82 Å². The molecule has 0 bridgehead atoms. The van der Waals surface area contributed by atoms with Gasteiger partial charge in [0.15, 0.2) is 0 Å². The first-order chi connectivity index (χ1) is 10.0. The van der Waals surface area contributed by atoms with E-state index in [1.54, 1.807) is 0 Å². The smallest absolute Gasteiger partial charge is 0.144 e. The van der Waals surface area contributed by atoms with E-state index in [-0.39, 0.29) is 0 Å². The van der Waals surface area contributed by atoms with Gasteiger partial charge in [-0.05, 0) is 44.7 Å². The molecular formula is C17H30N4. The van der Waals surface area contributed by atoms with Crippen LogP contribution in [0.25, 0.3) is 0 Å². The monoisotopic (exact) mass is 290 g/mol. The SMILES string of the molecule is CCCNc1cc(C)nc(CN2CCC(C)(CC)CC2)n1. The van der Waals surface area contributed by atoms with Crippen molar-refractivity contribution in [3.63, 3.8) is 0 Å². The molecule has 0 unspecified atom stereocenters. The number of piperidine rings is 1. The molecule has 1 fully saturated rings. The second-order valence-electron chi connectivity index (χ2n) is 6.68. The number of anilines is 1. The van der Waals surface area contributed by atoms with Crippen molar-refractivity contribution in [2.75, 3.05) is 25.0 Å². The lowest BCUT2D eigenvalue weighted by molar-refractivity contribution is 0.107. The van der Waals surface area contributed by atoms with Gasteiger partial charge in [-0.25, -0.2) is 9.97 Å². The molecule has 1 aromatic rings. The molecule has 0 radical (unpaired) electrons. The molecule has 0 atom stereocenters. The molecule has 0 saturated carbocycles. The number of hydrogen-bond acceptors (Lipinski definition) is 4. The maximum atomic E-state index is 4.66. The number of aromatic nitrogens is 2. The molecule has 0 amide bonds. The predicted molar refractivity (Wildman–Crippen MR) is 88.5 cm³/mol. The van der Waals surface area contributed by atoms with Crippen LogP contribution in [0.15, 0.2) is 6.07 Å². The number of rotatable bonds is 6. The molecule has 1 saturated heterocycles. The Hall–Kier alpha value is -1.16. The standard InChI is InChI=1S/C17H30N4/c1-5-9-18-15-12-14(3)19-16(20-15)13-21-10-7-17(4,6-2)8-11-21/h12H,5-11,13H2,1-4H3,(H,18,19,20). The summed E-state index contributed by atoms with van der Waals surface area (Å²) in [5, 5.41) is 3.37. The lowest BCUT2D eigenvalue weighted by atomic mass is 9.78. The average Bonchev–Trinajstić information content (AvgIpc) is 2.47. The fourth-order valence-corrected chi connectivity index (χ4v) is 2.85. The highest BCUT2D eigenvalue weighted by molar-refractivity contribution is 5.35. The van der Waals surface area contributed by atoms with Gasteiger partial charge in [-0.2, -0.15) is 0 Å². The van der Waals surface area contributed by atoms with Crippen molar-refractivity contribution in [3.05, 3.63) is 17.6 Å². The van der Waals surface area contributed by atoms with Crippen molar-refractivity contribution in [2.45, 2.75) is 59.9 Å². The van der Waals surface area contributed by atoms with Gasteiger partial charge in [-0.15, -0.1) is 0 Å². The Bertz CT molecular complexity index is 450. The van der Waals surface area contributed by atoms with Gasteiger partial charge in [-0.1, -0.05) is 27.2 Å². The first-order valence-corrected chi connectivity index (χ1v) is 8.35. The quantitative estimate of drug-likeness (QED) is 0.869. The minimum absolute atomic E-state index is 0.539. The molecule has 21 heavy (non-hydrogen) atoms. The van der Waals surface area contributed by atoms with E-state index in [9.17, 15) is 0 Å². The van der Waals surface area contributed by atoms with Gasteiger partial charge in [0, 0.05) is 18.3 Å². The summed E-state index contributed by atoms with van der Waals surface area (Å²) in [6.45, 7) is 13.1. The summed E-state index contributed by atoms with van der Waals surface area (Å²) in [5.74, 6) is 1.92. The molecule has 1 aromatic heterocycles. The van der Waals surface area contributed by atoms with E-state index in [0.717, 1.165) is 36.8 Å². The van der Waals surface area contributed by atoms with E-state index in [0.29, 0.717) is 5.41 Å². The van der Waals surface area contributed by atoms with Crippen molar-refractivity contribution in [1.82, 2.24) is 14.9 Å². The summed E-state index contributed by atoms with van der Waals surface area (Å²) < 4.78 is 0. The fraction of sp³-hybridized carbons (Fsp3) is 0.765. The molecule has 0 aliphatic carbocycles. The van der Waals surface area contributed by atoms with Crippen LogP contribution in [-0.2, 0) is 6.54 Å². The van der Waals surface area contributed by atoms with Crippen LogP contribution in [0.1, 0.15) is 58.0 Å². The minimum Gasteiger partial charge on any atom is -0.370 e. The second kappa shape index (κ2) is 7.21. The van der Waals surface area contributed by atoms with Gasteiger partial charge in [0.25, 0.3) is 0 Å². The molecule has 0 spiro atoms. The molecule has 2 heterocycles. The van der Waals surface area contributed by atoms with Crippen LogP contribution in [0.2, 0.25) is 0 Å². The Labute approximate surface area is 129 Å². The van der Waals surface area contributed by atoms with E-state index in [4.69, 9.17) is 0 Å². The maximum Gasteiger partial charge on any atom is 0.144 e. The Morgan fingerprint density at radius 2 is 1.95 bits per heavy atom. The number of likely N-dealkylation sites (tertiary alicyclic amines) is 1. The van der Waals surface area contributed by atoms with Crippen molar-refractivity contribution >= 4 is 5.82 Å². The van der Waals surface area contributed by atoms with Crippen molar-refractivity contribution in [3.8, 4) is 0 Å². The van der Waals surface area contributed by atoms with Crippen LogP contribution in [-0.4, -0.2) is 34.5 Å². The van der Waals surface area contributed by atoms with E-state index in [2.05, 4.69) is 41.0 Å². The largest absolute Gasteiger partial charge is 0.370 e. The minimum atomic E-state index is 0.539. The lowest BCUT2D eigenvalue weighted by Gasteiger charge is -2.38. The van der Waals surface area contributed by atoms with Gasteiger partial charge in [-0.3, -0.25) is 4.90 Å². The highest BCUT2D eigenvalue weighted by atomic mass is 15.2. The van der Waals surface area contributed by atoms with Crippen molar-refractivity contribution < 1.29 is 0 Å². The third-order valence-electron chi connectivity index (χ3n) is 4.74. The number of nitrogens with one attached hydrogen (secondary N) is 1. The average molecular weight is 290 g/mol. The summed E-state index contributed by atoms with van der Waals surface area (Å²) in [7, 11) is 0. The van der Waals surface area contributed by atoms with Crippen LogP contribution in [0.5, 0.6) is 0 Å². The van der Waals surface area contributed by atoms with Gasteiger partial charge >= 0.3 is 0 Å². The topological polar surface area (TPSA) is 41.1 Å². The van der Waals surface area contributed by atoms with E-state index in [1.165, 1.54) is 32.4 Å². The summed E-state index contributed by atoms with van der Waals surface area (Å²) in [5.41, 5.74) is 1.59. The second-order valence-corrected chi connectivity index (χ2v) is 6.68. The van der Waals surface area contributed by atoms with Crippen molar-refractivity contribution in [1.29, 1.82) is 0 Å². The molecule has 1 N–H and O–H groups in total. The highest BCUT2D eigenvalue weighted by Crippen LogP contribution is 2.34. The summed E-state index contributed by atoms with van der Waals surface area (Å²) in [6, 6.07) is 2.03.